The Morgan fingerprint density at radius 2 is 2.28 bits per heavy atom. The van der Waals surface area contributed by atoms with Gasteiger partial charge in [0.2, 0.25) is 0 Å². The lowest BCUT2D eigenvalue weighted by molar-refractivity contribution is 0.0951. The Kier molecular flexibility index (Phi) is 2.88. The van der Waals surface area contributed by atoms with E-state index >= 15 is 0 Å². The van der Waals surface area contributed by atoms with Crippen LogP contribution in [0.5, 0.6) is 0 Å². The van der Waals surface area contributed by atoms with Crippen molar-refractivity contribution in [3.63, 3.8) is 0 Å². The first-order valence-corrected chi connectivity index (χ1v) is 6.94. The molecule has 3 nitrogen and oxygen atoms in total. The van der Waals surface area contributed by atoms with Crippen LogP contribution >= 0.6 is 11.3 Å². The Morgan fingerprint density at radius 1 is 1.44 bits per heavy atom. The van der Waals surface area contributed by atoms with E-state index < -0.39 is 0 Å². The summed E-state index contributed by atoms with van der Waals surface area (Å²) in [4.78, 5) is 16.4. The van der Waals surface area contributed by atoms with Gasteiger partial charge in [-0.25, -0.2) is 4.98 Å². The lowest BCUT2D eigenvalue weighted by Crippen LogP contribution is -2.25. The average Bonchev–Trinajstić information content (AvgIpc) is 3.08. The molecule has 1 saturated carbocycles. The van der Waals surface area contributed by atoms with Crippen molar-refractivity contribution in [1.82, 2.24) is 10.3 Å². The molecule has 1 amide bonds. The fourth-order valence-electron chi connectivity index (χ4n) is 1.78. The van der Waals surface area contributed by atoms with Crippen molar-refractivity contribution >= 4 is 17.2 Å². The van der Waals surface area contributed by atoms with Crippen molar-refractivity contribution < 1.29 is 4.79 Å². The summed E-state index contributed by atoms with van der Waals surface area (Å²) in [7, 11) is 0. The van der Waals surface area contributed by atoms with Crippen LogP contribution in [0.25, 0.3) is 10.6 Å². The standard InChI is InChI=1S/C14H14N2OS/c1-9-8-18-14(15-9)11-4-2-3-10(7-11)13(17)16-12-5-6-12/h2-4,7-8,12H,5-6H2,1H3,(H,16,17). The molecule has 0 spiro atoms. The summed E-state index contributed by atoms with van der Waals surface area (Å²) in [5.41, 5.74) is 2.74. The summed E-state index contributed by atoms with van der Waals surface area (Å²) < 4.78 is 0. The molecule has 2 aromatic rings. The molecule has 1 heterocycles. The molecule has 1 aliphatic carbocycles. The predicted octanol–water partition coefficient (Wildman–Crippen LogP) is 3.01. The summed E-state index contributed by atoms with van der Waals surface area (Å²) in [6, 6.07) is 8.06. The van der Waals surface area contributed by atoms with Crippen LogP contribution in [0.2, 0.25) is 0 Å². The van der Waals surface area contributed by atoms with Gasteiger partial charge in [-0.15, -0.1) is 11.3 Å². The summed E-state index contributed by atoms with van der Waals surface area (Å²) in [5.74, 6) is 0.0210. The van der Waals surface area contributed by atoms with Crippen molar-refractivity contribution in [2.24, 2.45) is 0 Å². The van der Waals surface area contributed by atoms with Crippen LogP contribution in [0.1, 0.15) is 28.9 Å². The Morgan fingerprint density at radius 3 is 2.94 bits per heavy atom. The number of thiazole rings is 1. The highest BCUT2D eigenvalue weighted by Gasteiger charge is 2.23. The molecule has 0 radical (unpaired) electrons. The summed E-state index contributed by atoms with van der Waals surface area (Å²) in [5, 5.41) is 5.98. The van der Waals surface area contributed by atoms with E-state index in [4.69, 9.17) is 0 Å². The van der Waals surface area contributed by atoms with Gasteiger partial charge in [-0.1, -0.05) is 12.1 Å². The zero-order valence-electron chi connectivity index (χ0n) is 10.1. The Balaban J connectivity index is 1.86. The van der Waals surface area contributed by atoms with Crippen molar-refractivity contribution in [3.05, 3.63) is 40.9 Å². The molecule has 92 valence electrons. The number of nitrogens with one attached hydrogen (secondary N) is 1. The number of benzene rings is 1. The largest absolute Gasteiger partial charge is 0.349 e. The quantitative estimate of drug-likeness (QED) is 0.919. The smallest absolute Gasteiger partial charge is 0.251 e. The van der Waals surface area contributed by atoms with Crippen molar-refractivity contribution in [1.29, 1.82) is 0 Å². The third-order valence-electron chi connectivity index (χ3n) is 2.90. The Hall–Kier alpha value is -1.68. The first kappa shape index (κ1) is 11.4. The van der Waals surface area contributed by atoms with Gasteiger partial charge in [-0.2, -0.15) is 0 Å². The first-order chi connectivity index (χ1) is 8.72. The highest BCUT2D eigenvalue weighted by molar-refractivity contribution is 7.13. The lowest BCUT2D eigenvalue weighted by Gasteiger charge is -2.04. The van der Waals surface area contributed by atoms with Gasteiger partial charge in [0.25, 0.3) is 5.91 Å². The molecule has 0 saturated heterocycles. The fourth-order valence-corrected chi connectivity index (χ4v) is 2.57. The number of carbonyl (C=O) groups is 1. The van der Waals surface area contributed by atoms with Crippen LogP contribution in [-0.4, -0.2) is 16.9 Å². The minimum absolute atomic E-state index is 0.0210. The number of aryl methyl sites for hydroxylation is 1. The van der Waals surface area contributed by atoms with E-state index in [0.717, 1.165) is 29.1 Å². The van der Waals surface area contributed by atoms with E-state index in [0.29, 0.717) is 11.6 Å². The topological polar surface area (TPSA) is 42.0 Å². The second-order valence-electron chi connectivity index (χ2n) is 4.62. The van der Waals surface area contributed by atoms with E-state index in [1.807, 2.05) is 36.6 Å². The van der Waals surface area contributed by atoms with Crippen molar-refractivity contribution in [2.45, 2.75) is 25.8 Å². The first-order valence-electron chi connectivity index (χ1n) is 6.06. The van der Waals surface area contributed by atoms with E-state index in [1.54, 1.807) is 11.3 Å². The highest BCUT2D eigenvalue weighted by atomic mass is 32.1. The van der Waals surface area contributed by atoms with E-state index in [-0.39, 0.29) is 5.91 Å². The van der Waals surface area contributed by atoms with Gasteiger partial charge >= 0.3 is 0 Å². The molecular formula is C14H14N2OS. The minimum Gasteiger partial charge on any atom is -0.349 e. The summed E-state index contributed by atoms with van der Waals surface area (Å²) in [6.45, 7) is 1.98. The minimum atomic E-state index is 0.0210. The number of aromatic nitrogens is 1. The van der Waals surface area contributed by atoms with Crippen molar-refractivity contribution in [3.8, 4) is 10.6 Å². The number of rotatable bonds is 3. The summed E-state index contributed by atoms with van der Waals surface area (Å²) in [6.07, 6.45) is 2.22. The van der Waals surface area contributed by atoms with E-state index in [9.17, 15) is 4.79 Å². The van der Waals surface area contributed by atoms with Gasteiger partial charge in [-0.05, 0) is 31.9 Å². The molecule has 0 atom stereocenters. The number of nitrogens with zero attached hydrogens (tertiary/aromatic N) is 1. The van der Waals surface area contributed by atoms with E-state index in [1.165, 1.54) is 0 Å². The third-order valence-corrected chi connectivity index (χ3v) is 3.91. The SMILES string of the molecule is Cc1csc(-c2cccc(C(=O)NC3CC3)c2)n1. The van der Waals surface area contributed by atoms with Crippen LogP contribution in [0.4, 0.5) is 0 Å². The van der Waals surface area contributed by atoms with Crippen LogP contribution in [0, 0.1) is 6.92 Å². The maximum Gasteiger partial charge on any atom is 0.251 e. The normalized spacial score (nSPS) is 14.5. The molecule has 1 N–H and O–H groups in total. The van der Waals surface area contributed by atoms with Crippen LogP contribution in [-0.2, 0) is 0 Å². The van der Waals surface area contributed by atoms with Crippen LogP contribution < -0.4 is 5.32 Å². The van der Waals surface area contributed by atoms with Crippen LogP contribution in [0.3, 0.4) is 0 Å². The van der Waals surface area contributed by atoms with Gasteiger partial charge in [0.15, 0.2) is 0 Å². The molecule has 1 aliphatic rings. The van der Waals surface area contributed by atoms with Gasteiger partial charge < -0.3 is 5.32 Å². The Bertz CT molecular complexity index is 587. The maximum atomic E-state index is 12.0. The summed E-state index contributed by atoms with van der Waals surface area (Å²) >= 11 is 1.61. The third kappa shape index (κ3) is 2.43. The monoisotopic (exact) mass is 258 g/mol. The Labute approximate surface area is 110 Å². The highest BCUT2D eigenvalue weighted by Crippen LogP contribution is 2.25. The number of hydrogen-bond donors (Lipinski definition) is 1. The van der Waals surface area contributed by atoms with Crippen molar-refractivity contribution in [2.75, 3.05) is 0 Å². The molecule has 0 bridgehead atoms. The zero-order valence-corrected chi connectivity index (χ0v) is 11.0. The lowest BCUT2D eigenvalue weighted by atomic mass is 10.1. The van der Waals surface area contributed by atoms with Gasteiger partial charge in [0.05, 0.1) is 0 Å². The molecule has 1 fully saturated rings. The molecule has 1 aromatic carbocycles. The molecule has 3 rings (SSSR count). The molecule has 4 heteroatoms. The van der Waals surface area contributed by atoms with Gasteiger partial charge in [0.1, 0.15) is 5.01 Å². The second kappa shape index (κ2) is 4.53. The van der Waals surface area contributed by atoms with Crippen LogP contribution in [0.15, 0.2) is 29.6 Å². The molecule has 1 aromatic heterocycles. The fraction of sp³-hybridized carbons (Fsp3) is 0.286. The van der Waals surface area contributed by atoms with Gasteiger partial charge in [-0.3, -0.25) is 4.79 Å². The molecule has 0 unspecified atom stereocenters. The number of carbonyl (C=O) groups excluding carboxylic acids is 1. The maximum absolute atomic E-state index is 12.0. The number of hydrogen-bond acceptors (Lipinski definition) is 3. The number of amides is 1. The predicted molar refractivity (Wildman–Crippen MR) is 72.8 cm³/mol. The molecular weight excluding hydrogens is 244 g/mol. The van der Waals surface area contributed by atoms with E-state index in [2.05, 4.69) is 10.3 Å². The van der Waals surface area contributed by atoms with Gasteiger partial charge in [0, 0.05) is 28.2 Å². The zero-order chi connectivity index (χ0) is 12.5. The molecule has 18 heavy (non-hydrogen) atoms. The average molecular weight is 258 g/mol. The second-order valence-corrected chi connectivity index (χ2v) is 5.48. The molecule has 0 aliphatic heterocycles.